The number of fused-ring (bicyclic) bond motifs is 2. The first-order chi connectivity index (χ1) is 11.8. The third kappa shape index (κ3) is 5.80. The standard InChI is InChI=1S/C20H34O5/c1-14(2)9-10-17(24-16(4)21)15(3)7-6-8-18-19-11-12-20(22-5,25-19)13-23-18/h15,17-19H,1,6-13H2,2-5H3. The van der Waals surface area contributed by atoms with Crippen LogP contribution in [0.2, 0.25) is 0 Å². The van der Waals surface area contributed by atoms with Gasteiger partial charge in [0, 0.05) is 20.5 Å². The molecule has 2 bridgehead atoms. The number of ether oxygens (including phenoxy) is 4. The molecule has 2 rings (SSSR count). The molecular weight excluding hydrogens is 320 g/mol. The van der Waals surface area contributed by atoms with Crippen molar-refractivity contribution in [3.8, 4) is 0 Å². The monoisotopic (exact) mass is 354 g/mol. The molecule has 0 N–H and O–H groups in total. The summed E-state index contributed by atoms with van der Waals surface area (Å²) in [4.78, 5) is 11.4. The van der Waals surface area contributed by atoms with E-state index in [2.05, 4.69) is 13.5 Å². The summed E-state index contributed by atoms with van der Waals surface area (Å²) in [5.74, 6) is -0.379. The fourth-order valence-electron chi connectivity index (χ4n) is 3.83. The van der Waals surface area contributed by atoms with Crippen molar-refractivity contribution in [2.24, 2.45) is 5.92 Å². The third-order valence-electron chi connectivity index (χ3n) is 5.44. The van der Waals surface area contributed by atoms with E-state index in [-0.39, 0.29) is 24.3 Å². The molecule has 25 heavy (non-hydrogen) atoms. The van der Waals surface area contributed by atoms with Crippen molar-refractivity contribution in [2.75, 3.05) is 13.7 Å². The molecule has 5 heteroatoms. The molecule has 0 amide bonds. The van der Waals surface area contributed by atoms with E-state index in [1.807, 2.05) is 6.92 Å². The minimum atomic E-state index is -0.503. The van der Waals surface area contributed by atoms with Crippen LogP contribution >= 0.6 is 0 Å². The van der Waals surface area contributed by atoms with Crippen LogP contribution in [0.4, 0.5) is 0 Å². The smallest absolute Gasteiger partial charge is 0.302 e. The lowest BCUT2D eigenvalue weighted by atomic mass is 9.92. The number of hydrogen-bond acceptors (Lipinski definition) is 5. The molecule has 0 aromatic heterocycles. The molecule has 144 valence electrons. The van der Waals surface area contributed by atoms with E-state index in [4.69, 9.17) is 18.9 Å². The van der Waals surface area contributed by atoms with Gasteiger partial charge in [-0.05, 0) is 44.9 Å². The molecule has 2 aliphatic rings. The van der Waals surface area contributed by atoms with Crippen molar-refractivity contribution in [2.45, 2.75) is 89.8 Å². The van der Waals surface area contributed by atoms with E-state index in [0.717, 1.165) is 50.5 Å². The Labute approximate surface area is 152 Å². The first-order valence-electron chi connectivity index (χ1n) is 9.51. The van der Waals surface area contributed by atoms with Crippen molar-refractivity contribution in [3.05, 3.63) is 12.2 Å². The zero-order valence-electron chi connectivity index (χ0n) is 16.2. The Balaban J connectivity index is 1.75. The summed E-state index contributed by atoms with van der Waals surface area (Å²) in [6.45, 7) is 10.1. The molecule has 0 radical (unpaired) electrons. The number of carbonyl (C=O) groups excluding carboxylic acids is 1. The van der Waals surface area contributed by atoms with E-state index in [9.17, 15) is 4.79 Å². The minimum absolute atomic E-state index is 0.0367. The molecule has 5 nitrogen and oxygen atoms in total. The SMILES string of the molecule is C=C(C)CCC(OC(C)=O)C(C)CCCC1OCC2(OC)CCC1O2. The van der Waals surface area contributed by atoms with Crippen molar-refractivity contribution < 1.29 is 23.7 Å². The second-order valence-electron chi connectivity index (χ2n) is 7.71. The zero-order chi connectivity index (χ0) is 18.4. The van der Waals surface area contributed by atoms with Crippen LogP contribution in [0.15, 0.2) is 12.2 Å². The van der Waals surface area contributed by atoms with E-state index in [1.165, 1.54) is 6.92 Å². The zero-order valence-corrected chi connectivity index (χ0v) is 16.2. The quantitative estimate of drug-likeness (QED) is 0.438. The number of rotatable bonds is 10. The Bertz CT molecular complexity index is 463. The van der Waals surface area contributed by atoms with E-state index in [1.54, 1.807) is 7.11 Å². The van der Waals surface area contributed by atoms with Crippen molar-refractivity contribution in [1.29, 1.82) is 0 Å². The predicted octanol–water partition coefficient (Wildman–Crippen LogP) is 4.00. The maximum atomic E-state index is 11.4. The molecule has 0 spiro atoms. The fraction of sp³-hybridized carbons (Fsp3) is 0.850. The van der Waals surface area contributed by atoms with E-state index >= 15 is 0 Å². The van der Waals surface area contributed by atoms with Crippen LogP contribution in [0.1, 0.15) is 65.7 Å². The van der Waals surface area contributed by atoms with Crippen molar-refractivity contribution in [3.63, 3.8) is 0 Å². The second-order valence-corrected chi connectivity index (χ2v) is 7.71. The molecule has 5 atom stereocenters. The highest BCUT2D eigenvalue weighted by Gasteiger charge is 2.48. The lowest BCUT2D eigenvalue weighted by Gasteiger charge is -2.36. The molecule has 2 aliphatic heterocycles. The first kappa shape index (κ1) is 20.4. The molecule has 2 saturated heterocycles. The molecule has 2 heterocycles. The molecule has 0 aliphatic carbocycles. The summed E-state index contributed by atoms with van der Waals surface area (Å²) in [5.41, 5.74) is 1.12. The maximum absolute atomic E-state index is 11.4. The number of methoxy groups -OCH3 is 1. The average molecular weight is 354 g/mol. The van der Waals surface area contributed by atoms with Gasteiger partial charge >= 0.3 is 5.97 Å². The highest BCUT2D eigenvalue weighted by Crippen LogP contribution is 2.39. The highest BCUT2D eigenvalue weighted by molar-refractivity contribution is 5.66. The van der Waals surface area contributed by atoms with Crippen molar-refractivity contribution in [1.82, 2.24) is 0 Å². The maximum Gasteiger partial charge on any atom is 0.302 e. The van der Waals surface area contributed by atoms with E-state index in [0.29, 0.717) is 12.5 Å². The summed E-state index contributed by atoms with van der Waals surface area (Å²) in [6.07, 6.45) is 6.94. The van der Waals surface area contributed by atoms with E-state index < -0.39 is 5.79 Å². The van der Waals surface area contributed by atoms with Gasteiger partial charge in [0.1, 0.15) is 12.7 Å². The second kappa shape index (κ2) is 9.15. The van der Waals surface area contributed by atoms with Crippen LogP contribution in [0.5, 0.6) is 0 Å². The molecule has 0 aromatic carbocycles. The number of esters is 1. The summed E-state index contributed by atoms with van der Waals surface area (Å²) >= 11 is 0. The predicted molar refractivity (Wildman–Crippen MR) is 96.2 cm³/mol. The summed E-state index contributed by atoms with van der Waals surface area (Å²) in [7, 11) is 1.69. The van der Waals surface area contributed by atoms with Gasteiger partial charge in [-0.3, -0.25) is 4.79 Å². The highest BCUT2D eigenvalue weighted by atomic mass is 16.7. The number of carbonyl (C=O) groups is 1. The van der Waals surface area contributed by atoms with Crippen LogP contribution in [0, 0.1) is 5.92 Å². The fourth-order valence-corrected chi connectivity index (χ4v) is 3.83. The molecule has 2 fully saturated rings. The van der Waals surface area contributed by atoms with Gasteiger partial charge in [0.2, 0.25) is 0 Å². The van der Waals surface area contributed by atoms with Gasteiger partial charge in [0.15, 0.2) is 5.79 Å². The Morgan fingerprint density at radius 2 is 2.12 bits per heavy atom. The Morgan fingerprint density at radius 1 is 1.36 bits per heavy atom. The minimum Gasteiger partial charge on any atom is -0.462 e. The van der Waals surface area contributed by atoms with Crippen LogP contribution in [-0.2, 0) is 23.7 Å². The molecular formula is C20H34O5. The van der Waals surface area contributed by atoms with Gasteiger partial charge in [0.05, 0.1) is 12.2 Å². The van der Waals surface area contributed by atoms with Gasteiger partial charge in [-0.1, -0.05) is 18.9 Å². The molecule has 0 aromatic rings. The first-order valence-corrected chi connectivity index (χ1v) is 9.51. The Hall–Kier alpha value is -0.910. The third-order valence-corrected chi connectivity index (χ3v) is 5.44. The van der Waals surface area contributed by atoms with Crippen LogP contribution in [0.3, 0.4) is 0 Å². The van der Waals surface area contributed by atoms with Crippen molar-refractivity contribution >= 4 is 5.97 Å². The number of hydrogen-bond donors (Lipinski definition) is 0. The van der Waals surface area contributed by atoms with Gasteiger partial charge in [0.25, 0.3) is 0 Å². The summed E-state index contributed by atoms with van der Waals surface area (Å²) in [6, 6.07) is 0. The largest absolute Gasteiger partial charge is 0.462 e. The molecule has 0 saturated carbocycles. The van der Waals surface area contributed by atoms with Gasteiger partial charge in [-0.25, -0.2) is 0 Å². The average Bonchev–Trinajstić information content (AvgIpc) is 2.91. The van der Waals surface area contributed by atoms with Gasteiger partial charge in [-0.2, -0.15) is 0 Å². The van der Waals surface area contributed by atoms with Crippen LogP contribution < -0.4 is 0 Å². The summed E-state index contributed by atoms with van der Waals surface area (Å²) < 4.78 is 23.0. The lowest BCUT2D eigenvalue weighted by Crippen LogP contribution is -2.46. The van der Waals surface area contributed by atoms with Crippen LogP contribution in [0.25, 0.3) is 0 Å². The molecule has 5 unspecified atom stereocenters. The van der Waals surface area contributed by atoms with Crippen LogP contribution in [-0.4, -0.2) is 43.8 Å². The topological polar surface area (TPSA) is 54.0 Å². The Morgan fingerprint density at radius 3 is 2.76 bits per heavy atom. The number of allylic oxidation sites excluding steroid dienone is 1. The normalized spacial score (nSPS) is 30.7. The van der Waals surface area contributed by atoms with Gasteiger partial charge < -0.3 is 18.9 Å². The van der Waals surface area contributed by atoms with Gasteiger partial charge in [-0.15, -0.1) is 6.58 Å². The summed E-state index contributed by atoms with van der Waals surface area (Å²) in [5, 5.41) is 0. The Kier molecular flexibility index (Phi) is 7.47. The lowest BCUT2D eigenvalue weighted by molar-refractivity contribution is -0.295.